The minimum Gasteiger partial charge on any atom is -0.290 e. The quantitative estimate of drug-likeness (QED) is 0.792. The Kier molecular flexibility index (Phi) is 3.06. The molecule has 0 spiro atoms. The first-order valence-corrected chi connectivity index (χ1v) is 8.35. The number of halogens is 1. The molecule has 3 heterocycles. The highest BCUT2D eigenvalue weighted by molar-refractivity contribution is 6.07. The van der Waals surface area contributed by atoms with Crippen LogP contribution >= 0.6 is 0 Å². The minimum absolute atomic E-state index is 0.0586. The molecule has 1 N–H and O–H groups in total. The number of amides is 1. The van der Waals surface area contributed by atoms with E-state index in [4.69, 9.17) is 0 Å². The van der Waals surface area contributed by atoms with Crippen LogP contribution in [-0.4, -0.2) is 30.5 Å². The third-order valence-electron chi connectivity index (χ3n) is 5.09. The number of nitrogens with zero attached hydrogens (tertiary/aromatic N) is 5. The summed E-state index contributed by atoms with van der Waals surface area (Å²) in [6.45, 7) is 0. The second-order valence-electron chi connectivity index (χ2n) is 6.65. The van der Waals surface area contributed by atoms with Crippen LogP contribution in [0.1, 0.15) is 46.8 Å². The predicted molar refractivity (Wildman–Crippen MR) is 86.7 cm³/mol. The monoisotopic (exact) mass is 338 g/mol. The number of anilines is 1. The summed E-state index contributed by atoms with van der Waals surface area (Å²) >= 11 is 0. The van der Waals surface area contributed by atoms with Crippen LogP contribution in [-0.2, 0) is 6.42 Å². The number of carbonyl (C=O) groups excluding carboxylic acids is 1. The van der Waals surface area contributed by atoms with Gasteiger partial charge in [-0.2, -0.15) is 0 Å². The SMILES string of the molecule is O=C(Nc1ncc(F)cn1)c1cc2c(n3cnnc13)CCC2C1CC1. The fraction of sp³-hybridized carbons (Fsp3) is 0.353. The number of nitrogens with one attached hydrogen (secondary N) is 1. The number of aromatic nitrogens is 5. The van der Waals surface area contributed by atoms with Crippen molar-refractivity contribution >= 4 is 17.5 Å². The summed E-state index contributed by atoms with van der Waals surface area (Å²) in [5.74, 6) is 0.377. The van der Waals surface area contributed by atoms with E-state index in [9.17, 15) is 9.18 Å². The summed E-state index contributed by atoms with van der Waals surface area (Å²) in [5.41, 5.74) is 3.39. The van der Waals surface area contributed by atoms with Crippen LogP contribution in [0.4, 0.5) is 10.3 Å². The normalized spacial score (nSPS) is 19.2. The highest BCUT2D eigenvalue weighted by Gasteiger charge is 2.38. The van der Waals surface area contributed by atoms with E-state index in [1.54, 1.807) is 6.33 Å². The highest BCUT2D eigenvalue weighted by Crippen LogP contribution is 2.49. The first-order chi connectivity index (χ1) is 12.2. The Labute approximate surface area is 142 Å². The van der Waals surface area contributed by atoms with Gasteiger partial charge in [-0.05, 0) is 49.1 Å². The van der Waals surface area contributed by atoms with Crippen LogP contribution in [0, 0.1) is 11.7 Å². The molecule has 7 nitrogen and oxygen atoms in total. The molecule has 3 aromatic rings. The van der Waals surface area contributed by atoms with Crippen molar-refractivity contribution in [3.05, 3.63) is 47.4 Å². The van der Waals surface area contributed by atoms with Crippen LogP contribution in [0.2, 0.25) is 0 Å². The van der Waals surface area contributed by atoms with Gasteiger partial charge in [0, 0.05) is 5.69 Å². The molecule has 126 valence electrons. The zero-order valence-corrected chi connectivity index (χ0v) is 13.3. The molecule has 1 saturated carbocycles. The van der Waals surface area contributed by atoms with Gasteiger partial charge >= 0.3 is 0 Å². The molecule has 0 aromatic carbocycles. The first-order valence-electron chi connectivity index (χ1n) is 8.35. The van der Waals surface area contributed by atoms with Crippen molar-refractivity contribution in [1.29, 1.82) is 0 Å². The summed E-state index contributed by atoms with van der Waals surface area (Å²) in [4.78, 5) is 20.3. The standard InChI is InChI=1S/C17H15FN6O/c18-10-6-19-17(20-7-10)22-16(25)13-5-12-11(9-1-2-9)3-4-14(12)24-8-21-23-15(13)24/h5-9,11H,1-4H2,(H,19,20,22,25). The molecular formula is C17H15FN6O. The molecule has 0 aliphatic heterocycles. The van der Waals surface area contributed by atoms with E-state index >= 15 is 0 Å². The van der Waals surface area contributed by atoms with Gasteiger partial charge in [0.2, 0.25) is 5.95 Å². The van der Waals surface area contributed by atoms with Gasteiger partial charge < -0.3 is 0 Å². The second-order valence-corrected chi connectivity index (χ2v) is 6.65. The van der Waals surface area contributed by atoms with Crippen molar-refractivity contribution in [3.8, 4) is 0 Å². The number of hydrogen-bond donors (Lipinski definition) is 1. The molecule has 0 radical (unpaired) electrons. The predicted octanol–water partition coefficient (Wildman–Crippen LogP) is 2.35. The third-order valence-corrected chi connectivity index (χ3v) is 5.09. The lowest BCUT2D eigenvalue weighted by Gasteiger charge is -2.13. The molecule has 8 heteroatoms. The number of rotatable bonds is 3. The van der Waals surface area contributed by atoms with E-state index < -0.39 is 5.82 Å². The molecule has 1 unspecified atom stereocenters. The molecule has 1 atom stereocenters. The van der Waals surface area contributed by atoms with E-state index in [1.807, 2.05) is 10.5 Å². The molecule has 5 rings (SSSR count). The van der Waals surface area contributed by atoms with Crippen molar-refractivity contribution in [3.63, 3.8) is 0 Å². The molecular weight excluding hydrogens is 323 g/mol. The Hall–Kier alpha value is -2.90. The maximum absolute atomic E-state index is 12.9. The van der Waals surface area contributed by atoms with Crippen LogP contribution in [0.5, 0.6) is 0 Å². The van der Waals surface area contributed by atoms with Gasteiger partial charge in [-0.15, -0.1) is 10.2 Å². The average molecular weight is 338 g/mol. The summed E-state index contributed by atoms with van der Waals surface area (Å²) in [6.07, 6.45) is 8.30. The van der Waals surface area contributed by atoms with Crippen molar-refractivity contribution in [2.75, 3.05) is 5.32 Å². The number of hydrogen-bond acceptors (Lipinski definition) is 5. The number of pyridine rings is 1. The maximum Gasteiger partial charge on any atom is 0.261 e. The largest absolute Gasteiger partial charge is 0.290 e. The Morgan fingerprint density at radius 1 is 1.24 bits per heavy atom. The van der Waals surface area contributed by atoms with Crippen LogP contribution in [0.25, 0.3) is 5.65 Å². The molecule has 3 aromatic heterocycles. The topological polar surface area (TPSA) is 85.1 Å². The number of fused-ring (bicyclic) bond motifs is 3. The number of aryl methyl sites for hydroxylation is 1. The summed E-state index contributed by atoms with van der Waals surface area (Å²) < 4.78 is 14.8. The van der Waals surface area contributed by atoms with Crippen molar-refractivity contribution < 1.29 is 9.18 Å². The van der Waals surface area contributed by atoms with Gasteiger partial charge in [-0.25, -0.2) is 14.4 Å². The van der Waals surface area contributed by atoms with Gasteiger partial charge in [0.15, 0.2) is 11.5 Å². The lowest BCUT2D eigenvalue weighted by molar-refractivity contribution is 0.102. The van der Waals surface area contributed by atoms with Gasteiger partial charge in [0.05, 0.1) is 18.0 Å². The van der Waals surface area contributed by atoms with Crippen LogP contribution in [0.15, 0.2) is 24.8 Å². The maximum atomic E-state index is 12.9. The molecule has 1 fully saturated rings. The average Bonchev–Trinajstić information content (AvgIpc) is 3.17. The van der Waals surface area contributed by atoms with Crippen molar-refractivity contribution in [1.82, 2.24) is 24.6 Å². The van der Waals surface area contributed by atoms with E-state index in [1.165, 1.54) is 24.1 Å². The van der Waals surface area contributed by atoms with Crippen LogP contribution < -0.4 is 5.32 Å². The highest BCUT2D eigenvalue weighted by atomic mass is 19.1. The Balaban J connectivity index is 1.56. The molecule has 25 heavy (non-hydrogen) atoms. The minimum atomic E-state index is -0.553. The third kappa shape index (κ3) is 2.36. The van der Waals surface area contributed by atoms with E-state index in [-0.39, 0.29) is 11.9 Å². The summed E-state index contributed by atoms with van der Waals surface area (Å²) in [7, 11) is 0. The number of carbonyl (C=O) groups is 1. The van der Waals surface area contributed by atoms with Crippen LogP contribution in [0.3, 0.4) is 0 Å². The lowest BCUT2D eigenvalue weighted by Crippen LogP contribution is -2.17. The van der Waals surface area contributed by atoms with Gasteiger partial charge in [0.25, 0.3) is 5.91 Å². The molecule has 0 bridgehead atoms. The van der Waals surface area contributed by atoms with E-state index in [2.05, 4.69) is 25.5 Å². The van der Waals surface area contributed by atoms with E-state index in [0.29, 0.717) is 17.1 Å². The Bertz CT molecular complexity index is 979. The van der Waals surface area contributed by atoms with Crippen molar-refractivity contribution in [2.45, 2.75) is 31.6 Å². The summed E-state index contributed by atoms with van der Waals surface area (Å²) in [5, 5.41) is 10.7. The fourth-order valence-corrected chi connectivity index (χ4v) is 3.79. The fourth-order valence-electron chi connectivity index (χ4n) is 3.79. The zero-order chi connectivity index (χ0) is 17.0. The molecule has 1 amide bonds. The smallest absolute Gasteiger partial charge is 0.261 e. The zero-order valence-electron chi connectivity index (χ0n) is 13.3. The molecule has 0 saturated heterocycles. The van der Waals surface area contributed by atoms with Gasteiger partial charge in [-0.1, -0.05) is 0 Å². The second kappa shape index (κ2) is 5.30. The van der Waals surface area contributed by atoms with Gasteiger partial charge in [-0.3, -0.25) is 14.5 Å². The lowest BCUT2D eigenvalue weighted by atomic mass is 9.96. The Morgan fingerprint density at radius 3 is 2.80 bits per heavy atom. The summed E-state index contributed by atoms with van der Waals surface area (Å²) in [6, 6.07) is 1.94. The molecule has 2 aliphatic rings. The first kappa shape index (κ1) is 14.4. The van der Waals surface area contributed by atoms with Gasteiger partial charge in [0.1, 0.15) is 6.33 Å². The van der Waals surface area contributed by atoms with E-state index in [0.717, 1.165) is 31.2 Å². The molecule has 2 aliphatic carbocycles. The van der Waals surface area contributed by atoms with Crippen molar-refractivity contribution in [2.24, 2.45) is 5.92 Å². The Morgan fingerprint density at radius 2 is 2.04 bits per heavy atom.